The molecule has 1 aliphatic carbocycles. The molecule has 6 nitrogen and oxygen atoms in total. The highest BCUT2D eigenvalue weighted by Gasteiger charge is 2.43. The van der Waals surface area contributed by atoms with Crippen LogP contribution in [0.5, 0.6) is 0 Å². The van der Waals surface area contributed by atoms with Crippen molar-refractivity contribution < 1.29 is 14.4 Å². The molecule has 3 rings (SSSR count). The van der Waals surface area contributed by atoms with Crippen LogP contribution < -0.4 is 5.32 Å². The summed E-state index contributed by atoms with van der Waals surface area (Å²) in [4.78, 5) is 38.7. The number of likely N-dealkylation sites (tertiary alicyclic amines) is 2. The third kappa shape index (κ3) is 2.25. The van der Waals surface area contributed by atoms with E-state index < -0.39 is 6.04 Å². The van der Waals surface area contributed by atoms with E-state index >= 15 is 0 Å². The molecule has 2 saturated heterocycles. The quantitative estimate of drug-likeness (QED) is 0.698. The summed E-state index contributed by atoms with van der Waals surface area (Å²) in [7, 11) is 1.50. The summed E-state index contributed by atoms with van der Waals surface area (Å²) in [6.07, 6.45) is 3.85. The van der Waals surface area contributed by atoms with Gasteiger partial charge in [0.1, 0.15) is 6.04 Å². The molecule has 0 bridgehead atoms. The van der Waals surface area contributed by atoms with Crippen LogP contribution in [0.4, 0.5) is 0 Å². The van der Waals surface area contributed by atoms with Crippen molar-refractivity contribution >= 4 is 17.7 Å². The van der Waals surface area contributed by atoms with Crippen molar-refractivity contribution in [3.63, 3.8) is 0 Å². The van der Waals surface area contributed by atoms with E-state index in [1.807, 2.05) is 0 Å². The van der Waals surface area contributed by atoms with Crippen molar-refractivity contribution in [2.24, 2.45) is 0 Å². The molecule has 3 amide bonds. The van der Waals surface area contributed by atoms with Crippen LogP contribution in [0.2, 0.25) is 0 Å². The lowest BCUT2D eigenvalue weighted by Gasteiger charge is -2.33. The average molecular weight is 265 g/mol. The first-order valence-corrected chi connectivity index (χ1v) is 6.95. The molecule has 1 saturated carbocycles. The van der Waals surface area contributed by atoms with E-state index in [2.05, 4.69) is 5.32 Å². The molecular weight excluding hydrogens is 246 g/mol. The lowest BCUT2D eigenvalue weighted by molar-refractivity contribution is -0.154. The van der Waals surface area contributed by atoms with Crippen molar-refractivity contribution in [3.8, 4) is 0 Å². The summed E-state index contributed by atoms with van der Waals surface area (Å²) in [5.74, 6) is -0.370. The second kappa shape index (κ2) is 4.59. The molecule has 2 unspecified atom stereocenters. The van der Waals surface area contributed by atoms with Gasteiger partial charge in [-0.15, -0.1) is 0 Å². The van der Waals surface area contributed by atoms with E-state index in [9.17, 15) is 14.4 Å². The first-order valence-electron chi connectivity index (χ1n) is 6.95. The fourth-order valence-electron chi connectivity index (χ4n) is 2.89. The number of carbonyl (C=O) groups is 3. The molecule has 2 heterocycles. The Bertz CT molecular complexity index is 433. The molecule has 0 aromatic carbocycles. The van der Waals surface area contributed by atoms with E-state index in [1.165, 1.54) is 7.05 Å². The molecule has 6 heteroatoms. The van der Waals surface area contributed by atoms with Crippen LogP contribution >= 0.6 is 0 Å². The van der Waals surface area contributed by atoms with E-state index in [0.717, 1.165) is 24.2 Å². The number of rotatable bonds is 3. The Kier molecular flexibility index (Phi) is 3.05. The predicted octanol–water partition coefficient (Wildman–Crippen LogP) is -0.513. The van der Waals surface area contributed by atoms with Crippen LogP contribution in [-0.4, -0.2) is 59.2 Å². The number of piperidine rings is 1. The summed E-state index contributed by atoms with van der Waals surface area (Å²) in [5.41, 5.74) is 0. The minimum Gasteiger partial charge on any atom is -0.329 e. The highest BCUT2D eigenvalue weighted by molar-refractivity contribution is 6.02. The van der Waals surface area contributed by atoms with Gasteiger partial charge in [0.25, 0.3) is 5.91 Å². The van der Waals surface area contributed by atoms with Gasteiger partial charge in [0.15, 0.2) is 0 Å². The smallest absolute Gasteiger partial charge is 0.251 e. The summed E-state index contributed by atoms with van der Waals surface area (Å²) < 4.78 is 0. The van der Waals surface area contributed by atoms with Gasteiger partial charge in [-0.1, -0.05) is 0 Å². The molecule has 0 radical (unpaired) electrons. The Labute approximate surface area is 112 Å². The van der Waals surface area contributed by atoms with Gasteiger partial charge >= 0.3 is 0 Å². The van der Waals surface area contributed by atoms with Crippen LogP contribution in [0, 0.1) is 0 Å². The first-order chi connectivity index (χ1) is 9.08. The molecule has 1 N–H and O–H groups in total. The molecule has 104 valence electrons. The van der Waals surface area contributed by atoms with Crippen LogP contribution in [0.3, 0.4) is 0 Å². The highest BCUT2D eigenvalue weighted by Crippen LogP contribution is 2.26. The third-order valence-electron chi connectivity index (χ3n) is 4.25. The number of hydrogen-bond donors (Lipinski definition) is 1. The largest absolute Gasteiger partial charge is 0.329 e. The highest BCUT2D eigenvalue weighted by atomic mass is 16.2. The fourth-order valence-corrected chi connectivity index (χ4v) is 2.89. The topological polar surface area (TPSA) is 69.7 Å². The van der Waals surface area contributed by atoms with Gasteiger partial charge < -0.3 is 10.2 Å². The number of nitrogens with zero attached hydrogens (tertiary/aromatic N) is 2. The number of likely N-dealkylation sites (N-methyl/N-ethyl adjacent to an activating group) is 1. The number of amides is 3. The summed E-state index contributed by atoms with van der Waals surface area (Å²) >= 11 is 0. The SMILES string of the molecule is CN1C(=O)CCC(N2CCC(NC3CC3)C2=O)C1=O. The van der Waals surface area contributed by atoms with Crippen molar-refractivity contribution in [2.75, 3.05) is 13.6 Å². The molecule has 2 atom stereocenters. The average Bonchev–Trinajstić information content (AvgIpc) is 3.14. The van der Waals surface area contributed by atoms with Crippen molar-refractivity contribution in [2.45, 2.75) is 50.2 Å². The van der Waals surface area contributed by atoms with E-state index in [0.29, 0.717) is 25.4 Å². The fraction of sp³-hybridized carbons (Fsp3) is 0.769. The lowest BCUT2D eigenvalue weighted by Crippen LogP contribution is -2.54. The molecule has 3 fully saturated rings. The Hall–Kier alpha value is -1.43. The first kappa shape index (κ1) is 12.6. The van der Waals surface area contributed by atoms with Gasteiger partial charge in [0.2, 0.25) is 11.8 Å². The maximum absolute atomic E-state index is 12.3. The third-order valence-corrected chi connectivity index (χ3v) is 4.25. The second-order valence-corrected chi connectivity index (χ2v) is 5.66. The zero-order valence-corrected chi connectivity index (χ0v) is 11.1. The van der Waals surface area contributed by atoms with Gasteiger partial charge in [-0.2, -0.15) is 0 Å². The van der Waals surface area contributed by atoms with Crippen LogP contribution in [0.15, 0.2) is 0 Å². The number of nitrogens with one attached hydrogen (secondary N) is 1. The Morgan fingerprint density at radius 2 is 1.79 bits per heavy atom. The van der Waals surface area contributed by atoms with Crippen LogP contribution in [0.25, 0.3) is 0 Å². The van der Waals surface area contributed by atoms with E-state index in [4.69, 9.17) is 0 Å². The van der Waals surface area contributed by atoms with Gasteiger partial charge in [0.05, 0.1) is 6.04 Å². The monoisotopic (exact) mass is 265 g/mol. The normalized spacial score (nSPS) is 32.4. The van der Waals surface area contributed by atoms with Gasteiger partial charge in [-0.25, -0.2) is 0 Å². The maximum Gasteiger partial charge on any atom is 0.251 e. The standard InChI is InChI=1S/C13H19N3O3/c1-15-11(17)5-4-10(13(15)19)16-7-6-9(12(16)18)14-8-2-3-8/h8-10,14H,2-7H2,1H3. The summed E-state index contributed by atoms with van der Waals surface area (Å²) in [6, 6.07) is -0.0929. The van der Waals surface area contributed by atoms with Crippen molar-refractivity contribution in [1.82, 2.24) is 15.1 Å². The summed E-state index contributed by atoms with van der Waals surface area (Å²) in [6.45, 7) is 0.613. The van der Waals surface area contributed by atoms with Crippen molar-refractivity contribution in [1.29, 1.82) is 0 Å². The molecule has 0 aromatic heterocycles. The molecule has 19 heavy (non-hydrogen) atoms. The Morgan fingerprint density at radius 1 is 1.05 bits per heavy atom. The van der Waals surface area contributed by atoms with Crippen molar-refractivity contribution in [3.05, 3.63) is 0 Å². The molecule has 0 aromatic rings. The molecular formula is C13H19N3O3. The summed E-state index contributed by atoms with van der Waals surface area (Å²) in [5, 5.41) is 3.32. The number of carbonyl (C=O) groups excluding carboxylic acids is 3. The zero-order valence-electron chi connectivity index (χ0n) is 11.1. The molecule has 2 aliphatic heterocycles. The molecule has 3 aliphatic rings. The molecule has 0 spiro atoms. The maximum atomic E-state index is 12.3. The predicted molar refractivity (Wildman–Crippen MR) is 67.1 cm³/mol. The minimum absolute atomic E-state index is 0.0213. The Morgan fingerprint density at radius 3 is 2.47 bits per heavy atom. The van der Waals surface area contributed by atoms with Gasteiger partial charge in [-0.3, -0.25) is 19.3 Å². The zero-order chi connectivity index (χ0) is 13.6. The Balaban J connectivity index is 1.67. The van der Waals surface area contributed by atoms with Crippen LogP contribution in [-0.2, 0) is 14.4 Å². The lowest BCUT2D eigenvalue weighted by atomic mass is 10.0. The second-order valence-electron chi connectivity index (χ2n) is 5.66. The number of imide groups is 1. The number of hydrogen-bond acceptors (Lipinski definition) is 4. The van der Waals surface area contributed by atoms with E-state index in [1.54, 1.807) is 4.90 Å². The van der Waals surface area contributed by atoms with Crippen LogP contribution in [0.1, 0.15) is 32.1 Å². The van der Waals surface area contributed by atoms with E-state index in [-0.39, 0.29) is 23.8 Å². The minimum atomic E-state index is -0.443. The van der Waals surface area contributed by atoms with Gasteiger partial charge in [-0.05, 0) is 25.7 Å². The van der Waals surface area contributed by atoms with Gasteiger partial charge in [0, 0.05) is 26.1 Å².